The maximum absolute atomic E-state index is 11.4. The average Bonchev–Trinajstić information content (AvgIpc) is 2.83. The van der Waals surface area contributed by atoms with Crippen LogP contribution in [0.15, 0.2) is 47.5 Å². The van der Waals surface area contributed by atoms with Crippen molar-refractivity contribution in [3.63, 3.8) is 0 Å². The number of hydrogen-bond acceptors (Lipinski definition) is 3. The summed E-state index contributed by atoms with van der Waals surface area (Å²) in [7, 11) is 0. The van der Waals surface area contributed by atoms with E-state index in [9.17, 15) is 4.79 Å². The smallest absolute Gasteiger partial charge is 0.325 e. The molecule has 0 amide bonds. The third-order valence-corrected chi connectivity index (χ3v) is 3.04. The molecule has 2 N–H and O–H groups in total. The molecule has 0 unspecified atom stereocenters. The normalized spacial score (nSPS) is 11.1. The third kappa shape index (κ3) is 4.08. The standard InChI is InChI=1S/C14H19N3O2/c18-11-10-16(12-13-4-2-1-3-5-13)8-9-17-7-6-15-14(17)19/h1-7,18H,8-12H2,(H,15,19). The molecule has 0 fully saturated rings. The van der Waals surface area contributed by atoms with Crippen LogP contribution in [0, 0.1) is 0 Å². The van der Waals surface area contributed by atoms with Gasteiger partial charge >= 0.3 is 5.69 Å². The monoisotopic (exact) mass is 261 g/mol. The summed E-state index contributed by atoms with van der Waals surface area (Å²) in [6.07, 6.45) is 3.37. The Bertz CT molecular complexity index is 533. The Balaban J connectivity index is 1.93. The van der Waals surface area contributed by atoms with Crippen LogP contribution >= 0.6 is 0 Å². The Kier molecular flexibility index (Phi) is 4.94. The molecule has 0 bridgehead atoms. The Morgan fingerprint density at radius 3 is 2.63 bits per heavy atom. The lowest BCUT2D eigenvalue weighted by molar-refractivity contribution is 0.185. The first kappa shape index (κ1) is 13.6. The summed E-state index contributed by atoms with van der Waals surface area (Å²) < 4.78 is 1.63. The van der Waals surface area contributed by atoms with Crippen molar-refractivity contribution in [3.8, 4) is 0 Å². The molecule has 0 aliphatic carbocycles. The molecule has 1 heterocycles. The number of rotatable bonds is 7. The van der Waals surface area contributed by atoms with Gasteiger partial charge in [0, 0.05) is 38.6 Å². The van der Waals surface area contributed by atoms with Crippen LogP contribution in [0.5, 0.6) is 0 Å². The predicted molar refractivity (Wildman–Crippen MR) is 73.9 cm³/mol. The number of aromatic nitrogens is 2. The highest BCUT2D eigenvalue weighted by atomic mass is 16.3. The summed E-state index contributed by atoms with van der Waals surface area (Å²) in [5.41, 5.74) is 1.11. The van der Waals surface area contributed by atoms with Gasteiger partial charge in [0.15, 0.2) is 0 Å². The molecule has 0 saturated heterocycles. The van der Waals surface area contributed by atoms with Crippen molar-refractivity contribution in [2.45, 2.75) is 13.1 Å². The molecule has 2 rings (SSSR count). The topological polar surface area (TPSA) is 61.3 Å². The molecular formula is C14H19N3O2. The summed E-state index contributed by atoms with van der Waals surface area (Å²) in [6.45, 7) is 2.85. The van der Waals surface area contributed by atoms with E-state index in [2.05, 4.69) is 22.0 Å². The van der Waals surface area contributed by atoms with Crippen LogP contribution < -0.4 is 5.69 Å². The summed E-state index contributed by atoms with van der Waals surface area (Å²) in [6, 6.07) is 10.1. The molecule has 1 aromatic heterocycles. The van der Waals surface area contributed by atoms with Crippen molar-refractivity contribution in [2.75, 3.05) is 19.7 Å². The Morgan fingerprint density at radius 1 is 1.21 bits per heavy atom. The van der Waals surface area contributed by atoms with Gasteiger partial charge in [-0.2, -0.15) is 0 Å². The molecule has 0 atom stereocenters. The second-order valence-corrected chi connectivity index (χ2v) is 4.44. The zero-order chi connectivity index (χ0) is 13.5. The zero-order valence-electron chi connectivity index (χ0n) is 10.8. The van der Waals surface area contributed by atoms with Crippen molar-refractivity contribution in [2.24, 2.45) is 0 Å². The van der Waals surface area contributed by atoms with Crippen LogP contribution in [0.1, 0.15) is 5.56 Å². The van der Waals surface area contributed by atoms with Crippen LogP contribution in [0.3, 0.4) is 0 Å². The lowest BCUT2D eigenvalue weighted by Gasteiger charge is -2.21. The third-order valence-electron chi connectivity index (χ3n) is 3.04. The quantitative estimate of drug-likeness (QED) is 0.770. The molecule has 0 radical (unpaired) electrons. The summed E-state index contributed by atoms with van der Waals surface area (Å²) in [4.78, 5) is 16.1. The zero-order valence-corrected chi connectivity index (χ0v) is 10.8. The molecule has 2 aromatic rings. The number of nitrogens with one attached hydrogen (secondary N) is 1. The minimum absolute atomic E-state index is 0.0938. The van der Waals surface area contributed by atoms with Crippen molar-refractivity contribution in [1.29, 1.82) is 0 Å². The first-order valence-electron chi connectivity index (χ1n) is 6.40. The second kappa shape index (κ2) is 6.92. The van der Waals surface area contributed by atoms with E-state index in [-0.39, 0.29) is 12.3 Å². The van der Waals surface area contributed by atoms with Crippen molar-refractivity contribution < 1.29 is 5.11 Å². The number of aromatic amines is 1. The van der Waals surface area contributed by atoms with Gasteiger partial charge in [0.05, 0.1) is 6.61 Å². The molecule has 0 saturated carbocycles. The lowest BCUT2D eigenvalue weighted by Crippen LogP contribution is -2.32. The van der Waals surface area contributed by atoms with Gasteiger partial charge in [-0.3, -0.25) is 9.47 Å². The van der Waals surface area contributed by atoms with Gasteiger partial charge in [-0.15, -0.1) is 0 Å². The molecule has 5 heteroatoms. The van der Waals surface area contributed by atoms with Crippen LogP contribution in [0.2, 0.25) is 0 Å². The lowest BCUT2D eigenvalue weighted by atomic mass is 10.2. The van der Waals surface area contributed by atoms with Gasteiger partial charge in [0.1, 0.15) is 0 Å². The Hall–Kier alpha value is -1.85. The summed E-state index contributed by atoms with van der Waals surface area (Å²) in [5.74, 6) is 0. The van der Waals surface area contributed by atoms with Gasteiger partial charge in [-0.05, 0) is 5.56 Å². The van der Waals surface area contributed by atoms with Crippen LogP contribution in [0.4, 0.5) is 0 Å². The molecule has 1 aromatic carbocycles. The summed E-state index contributed by atoms with van der Waals surface area (Å²) >= 11 is 0. The number of aliphatic hydroxyl groups is 1. The van der Waals surface area contributed by atoms with Crippen molar-refractivity contribution in [1.82, 2.24) is 14.5 Å². The number of H-pyrrole nitrogens is 1. The highest BCUT2D eigenvalue weighted by molar-refractivity contribution is 5.14. The van der Waals surface area contributed by atoms with E-state index in [4.69, 9.17) is 5.11 Å². The maximum Gasteiger partial charge on any atom is 0.325 e. The van der Waals surface area contributed by atoms with E-state index in [0.29, 0.717) is 13.1 Å². The van der Waals surface area contributed by atoms with E-state index in [1.54, 1.807) is 17.0 Å². The Labute approximate surface area is 112 Å². The van der Waals surface area contributed by atoms with Crippen molar-refractivity contribution in [3.05, 3.63) is 58.8 Å². The summed E-state index contributed by atoms with van der Waals surface area (Å²) in [5, 5.41) is 9.11. The molecule has 0 aliphatic heterocycles. The number of nitrogens with zero attached hydrogens (tertiary/aromatic N) is 2. The fourth-order valence-corrected chi connectivity index (χ4v) is 2.03. The van der Waals surface area contributed by atoms with Crippen LogP contribution in [0.25, 0.3) is 0 Å². The van der Waals surface area contributed by atoms with Gasteiger partial charge in [-0.1, -0.05) is 30.3 Å². The number of benzene rings is 1. The molecule has 0 spiro atoms. The van der Waals surface area contributed by atoms with Crippen LogP contribution in [-0.4, -0.2) is 39.3 Å². The molecular weight excluding hydrogens is 242 g/mol. The first-order chi connectivity index (χ1) is 9.29. The van der Waals surface area contributed by atoms with E-state index in [1.165, 1.54) is 5.56 Å². The molecule has 19 heavy (non-hydrogen) atoms. The fraction of sp³-hybridized carbons (Fsp3) is 0.357. The highest BCUT2D eigenvalue weighted by Gasteiger charge is 2.06. The number of imidazole rings is 1. The van der Waals surface area contributed by atoms with Gasteiger partial charge in [-0.25, -0.2) is 4.79 Å². The van der Waals surface area contributed by atoms with E-state index < -0.39 is 0 Å². The largest absolute Gasteiger partial charge is 0.395 e. The molecule has 5 nitrogen and oxygen atoms in total. The number of hydrogen-bond donors (Lipinski definition) is 2. The van der Waals surface area contributed by atoms with E-state index in [0.717, 1.165) is 13.1 Å². The molecule has 102 valence electrons. The first-order valence-corrected chi connectivity index (χ1v) is 6.40. The predicted octanol–water partition coefficient (Wildman–Crippen LogP) is 0.671. The SMILES string of the molecule is O=c1[nH]ccn1CCN(CCO)Cc1ccccc1. The fourth-order valence-electron chi connectivity index (χ4n) is 2.03. The van der Waals surface area contributed by atoms with Crippen molar-refractivity contribution >= 4 is 0 Å². The van der Waals surface area contributed by atoms with Gasteiger partial charge in [0.25, 0.3) is 0 Å². The second-order valence-electron chi connectivity index (χ2n) is 4.44. The molecule has 0 aliphatic rings. The Morgan fingerprint density at radius 2 is 2.00 bits per heavy atom. The van der Waals surface area contributed by atoms with Gasteiger partial charge < -0.3 is 10.1 Å². The maximum atomic E-state index is 11.4. The van der Waals surface area contributed by atoms with Gasteiger partial charge in [0.2, 0.25) is 0 Å². The van der Waals surface area contributed by atoms with E-state index in [1.807, 2.05) is 18.2 Å². The minimum Gasteiger partial charge on any atom is -0.395 e. The van der Waals surface area contributed by atoms with Crippen LogP contribution in [-0.2, 0) is 13.1 Å². The van der Waals surface area contributed by atoms with E-state index >= 15 is 0 Å². The average molecular weight is 261 g/mol. The minimum atomic E-state index is -0.0938. The number of aliphatic hydroxyl groups excluding tert-OH is 1. The highest BCUT2D eigenvalue weighted by Crippen LogP contribution is 2.04.